The maximum Gasteiger partial charge on any atom is 0.161 e. The normalized spacial score (nSPS) is 16.8. The van der Waals surface area contributed by atoms with E-state index in [1.165, 1.54) is 0 Å². The fourth-order valence-corrected chi connectivity index (χ4v) is 2.19. The van der Waals surface area contributed by atoms with Gasteiger partial charge in [-0.3, -0.25) is 0 Å². The van der Waals surface area contributed by atoms with Crippen molar-refractivity contribution >= 4 is 5.82 Å². The van der Waals surface area contributed by atoms with Crippen molar-refractivity contribution in [3.63, 3.8) is 0 Å². The molecule has 2 heterocycles. The van der Waals surface area contributed by atoms with E-state index in [1.807, 2.05) is 44.2 Å². The lowest BCUT2D eigenvalue weighted by Gasteiger charge is -2.26. The molecule has 3 rings (SSSR count). The van der Waals surface area contributed by atoms with Crippen LogP contribution in [0.15, 0.2) is 30.3 Å². The summed E-state index contributed by atoms with van der Waals surface area (Å²) in [6.07, 6.45) is -0.0273. The van der Waals surface area contributed by atoms with Gasteiger partial charge in [-0.1, -0.05) is 12.1 Å². The second-order valence-corrected chi connectivity index (χ2v) is 4.82. The second kappa shape index (κ2) is 5.36. The first-order chi connectivity index (χ1) is 9.70. The molecule has 0 spiro atoms. The van der Waals surface area contributed by atoms with Gasteiger partial charge in [0.2, 0.25) is 0 Å². The molecule has 0 saturated carbocycles. The summed E-state index contributed by atoms with van der Waals surface area (Å²) < 4.78 is 11.6. The smallest absolute Gasteiger partial charge is 0.161 e. The highest BCUT2D eigenvalue weighted by Gasteiger charge is 2.20. The molecular formula is C15H17N3O2. The van der Waals surface area contributed by atoms with Gasteiger partial charge in [0.05, 0.1) is 6.54 Å². The Kier molecular flexibility index (Phi) is 3.41. The van der Waals surface area contributed by atoms with Gasteiger partial charge >= 0.3 is 0 Å². The van der Waals surface area contributed by atoms with Crippen LogP contribution in [0.5, 0.6) is 11.5 Å². The van der Waals surface area contributed by atoms with Crippen molar-refractivity contribution in [2.45, 2.75) is 20.0 Å². The molecule has 0 aliphatic carbocycles. The number of benzene rings is 1. The summed E-state index contributed by atoms with van der Waals surface area (Å²) in [6, 6.07) is 9.63. The maximum absolute atomic E-state index is 5.88. The average Bonchev–Trinajstić information content (AvgIpc) is 2.44. The van der Waals surface area contributed by atoms with Crippen molar-refractivity contribution in [2.24, 2.45) is 0 Å². The standard InChI is InChI=1S/C15H17N3O2/c1-10-7-15(18-11(2)17-10)16-8-12-9-19-13-5-3-4-6-14(13)20-12/h3-7,12H,8-9H2,1-2H3,(H,16,17,18). The van der Waals surface area contributed by atoms with E-state index >= 15 is 0 Å². The predicted octanol–water partition coefficient (Wildman–Crippen LogP) is 2.35. The number of hydrogen-bond acceptors (Lipinski definition) is 5. The molecule has 5 heteroatoms. The number of anilines is 1. The molecule has 0 radical (unpaired) electrons. The third-order valence-electron chi connectivity index (χ3n) is 3.04. The van der Waals surface area contributed by atoms with E-state index in [0.717, 1.165) is 28.8 Å². The highest BCUT2D eigenvalue weighted by molar-refractivity contribution is 5.41. The predicted molar refractivity (Wildman–Crippen MR) is 76.3 cm³/mol. The number of nitrogens with zero attached hydrogens (tertiary/aromatic N) is 2. The molecular weight excluding hydrogens is 254 g/mol. The number of para-hydroxylation sites is 2. The maximum atomic E-state index is 5.88. The van der Waals surface area contributed by atoms with Crippen LogP contribution in [0.1, 0.15) is 11.5 Å². The van der Waals surface area contributed by atoms with E-state index in [9.17, 15) is 0 Å². The summed E-state index contributed by atoms with van der Waals surface area (Å²) in [5.41, 5.74) is 0.950. The van der Waals surface area contributed by atoms with Gasteiger partial charge in [0.15, 0.2) is 11.5 Å². The molecule has 5 nitrogen and oxygen atoms in total. The number of rotatable bonds is 3. The Balaban J connectivity index is 1.62. The third-order valence-corrected chi connectivity index (χ3v) is 3.04. The minimum absolute atomic E-state index is 0.0273. The Hall–Kier alpha value is -2.30. The van der Waals surface area contributed by atoms with E-state index in [0.29, 0.717) is 13.2 Å². The van der Waals surface area contributed by atoms with Crippen molar-refractivity contribution in [3.05, 3.63) is 41.9 Å². The van der Waals surface area contributed by atoms with Crippen molar-refractivity contribution in [1.82, 2.24) is 9.97 Å². The van der Waals surface area contributed by atoms with E-state index < -0.39 is 0 Å². The third kappa shape index (κ3) is 2.82. The summed E-state index contributed by atoms with van der Waals surface area (Å²) in [5, 5.41) is 3.27. The lowest BCUT2D eigenvalue weighted by molar-refractivity contribution is 0.0997. The van der Waals surface area contributed by atoms with Gasteiger partial charge in [0.25, 0.3) is 0 Å². The van der Waals surface area contributed by atoms with Crippen molar-refractivity contribution in [1.29, 1.82) is 0 Å². The minimum Gasteiger partial charge on any atom is -0.486 e. The Morgan fingerprint density at radius 3 is 2.80 bits per heavy atom. The van der Waals surface area contributed by atoms with Crippen LogP contribution in [0, 0.1) is 13.8 Å². The first-order valence-electron chi connectivity index (χ1n) is 6.65. The van der Waals surface area contributed by atoms with E-state index in [4.69, 9.17) is 9.47 Å². The van der Waals surface area contributed by atoms with Crippen LogP contribution in [0.3, 0.4) is 0 Å². The molecule has 1 atom stereocenters. The summed E-state index contributed by atoms with van der Waals surface area (Å²) in [5.74, 6) is 3.18. The number of nitrogens with one attached hydrogen (secondary N) is 1. The molecule has 1 aromatic carbocycles. The van der Waals surface area contributed by atoms with Crippen molar-refractivity contribution in [3.8, 4) is 11.5 Å². The van der Waals surface area contributed by atoms with Crippen LogP contribution >= 0.6 is 0 Å². The monoisotopic (exact) mass is 271 g/mol. The molecule has 1 aliphatic rings. The molecule has 1 unspecified atom stereocenters. The molecule has 20 heavy (non-hydrogen) atoms. The minimum atomic E-state index is -0.0273. The Morgan fingerprint density at radius 2 is 2.00 bits per heavy atom. The number of ether oxygens (including phenoxy) is 2. The largest absolute Gasteiger partial charge is 0.486 e. The average molecular weight is 271 g/mol. The van der Waals surface area contributed by atoms with Gasteiger partial charge in [0, 0.05) is 11.8 Å². The first-order valence-corrected chi connectivity index (χ1v) is 6.65. The first kappa shape index (κ1) is 12.7. The van der Waals surface area contributed by atoms with Crippen LogP contribution < -0.4 is 14.8 Å². The quantitative estimate of drug-likeness (QED) is 0.928. The van der Waals surface area contributed by atoms with Gasteiger partial charge in [0.1, 0.15) is 24.4 Å². The zero-order chi connectivity index (χ0) is 13.9. The van der Waals surface area contributed by atoms with Gasteiger partial charge < -0.3 is 14.8 Å². The molecule has 0 saturated heterocycles. The summed E-state index contributed by atoms with van der Waals surface area (Å²) in [7, 11) is 0. The van der Waals surface area contributed by atoms with E-state index in [2.05, 4.69) is 15.3 Å². The number of aryl methyl sites for hydroxylation is 2. The Labute approximate surface area is 118 Å². The zero-order valence-electron chi connectivity index (χ0n) is 11.6. The van der Waals surface area contributed by atoms with Gasteiger partial charge in [-0.15, -0.1) is 0 Å². The van der Waals surface area contributed by atoms with Crippen LogP contribution in [-0.2, 0) is 0 Å². The fourth-order valence-electron chi connectivity index (χ4n) is 2.19. The van der Waals surface area contributed by atoms with E-state index in [-0.39, 0.29) is 6.10 Å². The molecule has 0 fully saturated rings. The van der Waals surface area contributed by atoms with Crippen molar-refractivity contribution < 1.29 is 9.47 Å². The highest BCUT2D eigenvalue weighted by Crippen LogP contribution is 2.30. The molecule has 0 amide bonds. The zero-order valence-corrected chi connectivity index (χ0v) is 11.6. The Morgan fingerprint density at radius 1 is 1.20 bits per heavy atom. The number of aromatic nitrogens is 2. The summed E-state index contributed by atoms with van der Waals surface area (Å²) in [6.45, 7) is 5.02. The molecule has 104 valence electrons. The number of hydrogen-bond donors (Lipinski definition) is 1. The SMILES string of the molecule is Cc1cc(NCC2COc3ccccc3O2)nc(C)n1. The second-order valence-electron chi connectivity index (χ2n) is 4.82. The molecule has 0 bridgehead atoms. The van der Waals surface area contributed by atoms with Crippen LogP contribution in [0.25, 0.3) is 0 Å². The molecule has 2 aromatic rings. The highest BCUT2D eigenvalue weighted by atomic mass is 16.6. The fraction of sp³-hybridized carbons (Fsp3) is 0.333. The van der Waals surface area contributed by atoms with Crippen LogP contribution in [-0.4, -0.2) is 29.2 Å². The van der Waals surface area contributed by atoms with Gasteiger partial charge in [-0.05, 0) is 26.0 Å². The molecule has 1 aromatic heterocycles. The summed E-state index contributed by atoms with van der Waals surface area (Å²) in [4.78, 5) is 8.60. The van der Waals surface area contributed by atoms with E-state index in [1.54, 1.807) is 0 Å². The van der Waals surface area contributed by atoms with Crippen LogP contribution in [0.4, 0.5) is 5.82 Å². The summed E-state index contributed by atoms with van der Waals surface area (Å²) >= 11 is 0. The molecule has 1 N–H and O–H groups in total. The lowest BCUT2D eigenvalue weighted by Crippen LogP contribution is -2.35. The Bertz CT molecular complexity index is 596. The lowest BCUT2D eigenvalue weighted by atomic mass is 10.2. The van der Waals surface area contributed by atoms with Crippen molar-refractivity contribution in [2.75, 3.05) is 18.5 Å². The van der Waals surface area contributed by atoms with Gasteiger partial charge in [-0.25, -0.2) is 9.97 Å². The molecule has 1 aliphatic heterocycles. The topological polar surface area (TPSA) is 56.3 Å². The van der Waals surface area contributed by atoms with Gasteiger partial charge in [-0.2, -0.15) is 0 Å². The van der Waals surface area contributed by atoms with Crippen LogP contribution in [0.2, 0.25) is 0 Å². The number of fused-ring (bicyclic) bond motifs is 1.